The minimum Gasteiger partial charge on any atom is -0.756 e. The number of allylic oxidation sites excluding steroid dienone is 11. The summed E-state index contributed by atoms with van der Waals surface area (Å²) in [4.78, 5) is 25.5. The molecule has 0 fully saturated rings. The lowest BCUT2D eigenvalue weighted by atomic mass is 10.0. The molecule has 0 bridgehead atoms. The van der Waals surface area contributed by atoms with Crippen molar-refractivity contribution < 1.29 is 32.9 Å². The maximum atomic E-state index is 13.0. The van der Waals surface area contributed by atoms with Gasteiger partial charge in [-0.05, 0) is 70.6 Å². The predicted molar refractivity (Wildman–Crippen MR) is 311 cm³/mol. The molecule has 3 atom stereocenters. The highest BCUT2D eigenvalue weighted by Crippen LogP contribution is 2.38. The van der Waals surface area contributed by atoms with Crippen LogP contribution in [0.1, 0.15) is 271 Å². The summed E-state index contributed by atoms with van der Waals surface area (Å²) in [5, 5.41) is 13.9. The Hall–Kier alpha value is -2.06. The van der Waals surface area contributed by atoms with Gasteiger partial charge in [0.25, 0.3) is 7.82 Å². The lowest BCUT2D eigenvalue weighted by Gasteiger charge is -2.29. The standard InChI is InChI=1S/C63H117N2O6P/c1-6-8-10-12-14-16-18-20-22-24-26-27-28-29-30-31-32-33-34-35-36-37-39-41-43-45-47-49-51-53-55-57-63(67)64-61(60-71-72(68,69)70-59-58-65(3,4)5)62(66)56-54-52-50-48-46-44-42-40-38-25-23-21-19-17-15-13-11-9-7-2/h8,10,14,16,20,22,26-27,46,48,54,56,61-62,66H,6-7,9,11-13,15,17-19,21,23-25,28-45,47,49-53,55,57-60H2,1-5H3,(H-,64,67,68,69)/b10-8-,16-14-,22-20-,27-26-,48-46+,56-54+. The van der Waals surface area contributed by atoms with E-state index in [0.717, 1.165) is 64.2 Å². The summed E-state index contributed by atoms with van der Waals surface area (Å²) in [6, 6.07) is -0.905. The minimum absolute atomic E-state index is 0.00720. The Kier molecular flexibility index (Phi) is 52.2. The molecule has 0 aromatic carbocycles. The van der Waals surface area contributed by atoms with Gasteiger partial charge in [0.2, 0.25) is 5.91 Å². The molecule has 2 N–H and O–H groups in total. The molecular formula is C63H117N2O6P. The van der Waals surface area contributed by atoms with Crippen molar-refractivity contribution in [3.8, 4) is 0 Å². The van der Waals surface area contributed by atoms with Crippen molar-refractivity contribution in [2.75, 3.05) is 40.9 Å². The van der Waals surface area contributed by atoms with Gasteiger partial charge in [-0.15, -0.1) is 0 Å². The van der Waals surface area contributed by atoms with Crippen LogP contribution in [0.25, 0.3) is 0 Å². The van der Waals surface area contributed by atoms with Gasteiger partial charge < -0.3 is 28.8 Å². The van der Waals surface area contributed by atoms with Crippen molar-refractivity contribution in [1.82, 2.24) is 5.32 Å². The maximum absolute atomic E-state index is 13.0. The Morgan fingerprint density at radius 2 is 0.861 bits per heavy atom. The zero-order valence-corrected chi connectivity index (χ0v) is 48.8. The molecule has 420 valence electrons. The SMILES string of the molecule is CC/C=C\C/C=C\C/C=C\C/C=C\CCCCCCCCCCCCCCCCCCCCC(=O)NC(COP(=O)([O-])OCC[N+](C)(C)C)C(O)/C=C/CC/C=C/CCCCCCCCCCCCCCC. The van der Waals surface area contributed by atoms with Crippen LogP contribution >= 0.6 is 7.82 Å². The number of hydrogen-bond donors (Lipinski definition) is 2. The third-order valence-corrected chi connectivity index (χ3v) is 14.4. The highest BCUT2D eigenvalue weighted by atomic mass is 31.2. The molecule has 0 aliphatic heterocycles. The summed E-state index contributed by atoms with van der Waals surface area (Å²) in [5.74, 6) is -0.206. The normalized spacial score (nSPS) is 14.4. The van der Waals surface area contributed by atoms with E-state index in [4.69, 9.17) is 9.05 Å². The minimum atomic E-state index is -4.61. The van der Waals surface area contributed by atoms with E-state index in [-0.39, 0.29) is 12.5 Å². The first-order valence-electron chi connectivity index (χ1n) is 30.3. The first-order chi connectivity index (χ1) is 35.0. The van der Waals surface area contributed by atoms with Crippen molar-refractivity contribution in [2.24, 2.45) is 0 Å². The van der Waals surface area contributed by atoms with Gasteiger partial charge in [-0.1, -0.05) is 267 Å². The molecule has 9 heteroatoms. The molecule has 72 heavy (non-hydrogen) atoms. The largest absolute Gasteiger partial charge is 0.756 e. The van der Waals surface area contributed by atoms with Crippen molar-refractivity contribution in [3.05, 3.63) is 72.9 Å². The third-order valence-electron chi connectivity index (χ3n) is 13.4. The molecule has 0 saturated heterocycles. The number of quaternary nitrogens is 1. The van der Waals surface area contributed by atoms with E-state index in [1.165, 1.54) is 186 Å². The number of carbonyl (C=O) groups is 1. The van der Waals surface area contributed by atoms with Crippen LogP contribution in [0.2, 0.25) is 0 Å². The number of nitrogens with one attached hydrogen (secondary N) is 1. The summed E-state index contributed by atoms with van der Waals surface area (Å²) in [5.41, 5.74) is 0. The van der Waals surface area contributed by atoms with Gasteiger partial charge in [0, 0.05) is 6.42 Å². The average Bonchev–Trinajstić information content (AvgIpc) is 3.34. The van der Waals surface area contributed by atoms with Crippen molar-refractivity contribution >= 4 is 13.7 Å². The van der Waals surface area contributed by atoms with Crippen molar-refractivity contribution in [2.45, 2.75) is 283 Å². The quantitative estimate of drug-likeness (QED) is 0.0272. The number of phosphoric ester groups is 1. The number of likely N-dealkylation sites (N-methyl/N-ethyl adjacent to an activating group) is 1. The number of hydrogen-bond acceptors (Lipinski definition) is 6. The molecule has 0 aromatic rings. The van der Waals surface area contributed by atoms with Gasteiger partial charge in [-0.3, -0.25) is 9.36 Å². The summed E-state index contributed by atoms with van der Waals surface area (Å²) in [6.45, 7) is 4.54. The second-order valence-corrected chi connectivity index (χ2v) is 23.1. The molecule has 0 rings (SSSR count). The van der Waals surface area contributed by atoms with Gasteiger partial charge in [-0.2, -0.15) is 0 Å². The van der Waals surface area contributed by atoms with Crippen LogP contribution in [-0.2, 0) is 18.4 Å². The van der Waals surface area contributed by atoms with Crippen molar-refractivity contribution in [1.29, 1.82) is 0 Å². The van der Waals surface area contributed by atoms with Crippen LogP contribution in [-0.4, -0.2) is 68.5 Å². The number of nitrogens with zero attached hydrogens (tertiary/aromatic N) is 1. The predicted octanol–water partition coefficient (Wildman–Crippen LogP) is 18.0. The number of amides is 1. The molecule has 0 radical (unpaired) electrons. The number of aliphatic hydroxyl groups is 1. The van der Waals surface area contributed by atoms with E-state index >= 15 is 0 Å². The van der Waals surface area contributed by atoms with Gasteiger partial charge in [0.05, 0.1) is 39.9 Å². The van der Waals surface area contributed by atoms with Gasteiger partial charge in [0.15, 0.2) is 0 Å². The van der Waals surface area contributed by atoms with Crippen LogP contribution in [0, 0.1) is 0 Å². The molecule has 0 aliphatic carbocycles. The fourth-order valence-corrected chi connectivity index (χ4v) is 9.41. The fraction of sp³-hybridized carbons (Fsp3) is 0.794. The zero-order valence-electron chi connectivity index (χ0n) is 47.9. The lowest BCUT2D eigenvalue weighted by Crippen LogP contribution is -2.45. The molecule has 8 nitrogen and oxygen atoms in total. The summed E-state index contributed by atoms with van der Waals surface area (Å²) < 4.78 is 23.4. The number of aliphatic hydroxyl groups excluding tert-OH is 1. The number of rotatable bonds is 55. The van der Waals surface area contributed by atoms with Crippen LogP contribution < -0.4 is 10.2 Å². The number of carbonyl (C=O) groups excluding carboxylic acids is 1. The lowest BCUT2D eigenvalue weighted by molar-refractivity contribution is -0.870. The van der Waals surface area contributed by atoms with Gasteiger partial charge in [-0.25, -0.2) is 0 Å². The van der Waals surface area contributed by atoms with E-state index in [1.54, 1.807) is 6.08 Å². The van der Waals surface area contributed by atoms with Gasteiger partial charge in [0.1, 0.15) is 13.2 Å². The molecule has 0 heterocycles. The Morgan fingerprint density at radius 1 is 0.500 bits per heavy atom. The van der Waals surface area contributed by atoms with Crippen LogP contribution in [0.5, 0.6) is 0 Å². The topological polar surface area (TPSA) is 108 Å². The molecular weight excluding hydrogens is 912 g/mol. The Morgan fingerprint density at radius 3 is 1.29 bits per heavy atom. The van der Waals surface area contributed by atoms with Crippen LogP contribution in [0.15, 0.2) is 72.9 Å². The highest BCUT2D eigenvalue weighted by Gasteiger charge is 2.23. The fourth-order valence-electron chi connectivity index (χ4n) is 8.69. The van der Waals surface area contributed by atoms with E-state index in [0.29, 0.717) is 17.4 Å². The Labute approximate surface area is 446 Å². The third kappa shape index (κ3) is 55.7. The molecule has 1 amide bonds. The second kappa shape index (κ2) is 53.8. The van der Waals surface area contributed by atoms with Crippen LogP contribution in [0.4, 0.5) is 0 Å². The van der Waals surface area contributed by atoms with Crippen LogP contribution in [0.3, 0.4) is 0 Å². The second-order valence-electron chi connectivity index (χ2n) is 21.7. The molecule has 0 aliphatic rings. The summed E-state index contributed by atoms with van der Waals surface area (Å²) in [6.07, 6.45) is 74.2. The molecule has 0 aromatic heterocycles. The van der Waals surface area contributed by atoms with Gasteiger partial charge >= 0.3 is 0 Å². The summed E-state index contributed by atoms with van der Waals surface area (Å²) in [7, 11) is 1.25. The summed E-state index contributed by atoms with van der Waals surface area (Å²) >= 11 is 0. The Balaban J connectivity index is 4.13. The smallest absolute Gasteiger partial charge is 0.268 e. The molecule has 0 spiro atoms. The van der Waals surface area contributed by atoms with E-state index in [2.05, 4.69) is 79.9 Å². The number of phosphoric acid groups is 1. The monoisotopic (exact) mass is 1030 g/mol. The highest BCUT2D eigenvalue weighted by molar-refractivity contribution is 7.45. The van der Waals surface area contributed by atoms with E-state index < -0.39 is 26.6 Å². The van der Waals surface area contributed by atoms with Crippen molar-refractivity contribution in [3.63, 3.8) is 0 Å². The first kappa shape index (κ1) is 69.9. The number of unbranched alkanes of at least 4 members (excludes halogenated alkanes) is 32. The molecule has 0 saturated carbocycles. The Bertz CT molecular complexity index is 1400. The maximum Gasteiger partial charge on any atom is 0.268 e. The van der Waals surface area contributed by atoms with E-state index in [1.807, 2.05) is 27.2 Å². The average molecular weight is 1030 g/mol. The van der Waals surface area contributed by atoms with E-state index in [9.17, 15) is 19.4 Å². The molecule has 3 unspecified atom stereocenters. The zero-order chi connectivity index (χ0) is 52.7. The first-order valence-corrected chi connectivity index (χ1v) is 31.8.